The van der Waals surface area contributed by atoms with Gasteiger partial charge in [0.05, 0.1) is 12.1 Å². The summed E-state index contributed by atoms with van der Waals surface area (Å²) < 4.78 is 0. The van der Waals surface area contributed by atoms with Gasteiger partial charge in [-0.1, -0.05) is 36.4 Å². The number of nitrogens with one attached hydrogen (secondary N) is 2. The molecule has 114 valence electrons. The van der Waals surface area contributed by atoms with Gasteiger partial charge in [-0.25, -0.2) is 10.9 Å². The first kappa shape index (κ1) is 15.6. The summed E-state index contributed by atoms with van der Waals surface area (Å²) in [4.78, 5) is 23.2. The van der Waals surface area contributed by atoms with Gasteiger partial charge < -0.3 is 0 Å². The molecule has 0 aliphatic carbocycles. The van der Waals surface area contributed by atoms with Gasteiger partial charge in [0, 0.05) is 12.1 Å². The number of carbonyl (C=O) groups excluding carboxylic acids is 2. The zero-order valence-corrected chi connectivity index (χ0v) is 12.5. The largest absolute Gasteiger partial charge is 0.273 e. The summed E-state index contributed by atoms with van der Waals surface area (Å²) in [6.07, 6.45) is 3.57. The van der Waals surface area contributed by atoms with Crippen molar-refractivity contribution < 1.29 is 9.59 Å². The molecule has 0 fully saturated rings. The number of allylic oxidation sites excluding steroid dienone is 1. The molecule has 0 aromatic heterocycles. The van der Waals surface area contributed by atoms with Crippen LogP contribution in [0.2, 0.25) is 0 Å². The number of hydrazone groups is 2. The van der Waals surface area contributed by atoms with Crippen molar-refractivity contribution in [1.29, 1.82) is 0 Å². The van der Waals surface area contributed by atoms with Crippen LogP contribution >= 0.6 is 0 Å². The van der Waals surface area contributed by atoms with Crippen LogP contribution in [0.4, 0.5) is 0 Å². The monoisotopic (exact) mass is 298 g/mol. The number of hydrogen-bond acceptors (Lipinski definition) is 4. The minimum Gasteiger partial charge on any atom is -0.273 e. The predicted octanol–water partition coefficient (Wildman–Crippen LogP) is 1.70. The summed E-state index contributed by atoms with van der Waals surface area (Å²) in [5.41, 5.74) is 7.35. The SMILES string of the molecule is CC1=NNC(=O)C1CC(=O)NN=C/C(C)=C/c1ccccc1. The van der Waals surface area contributed by atoms with E-state index in [0.29, 0.717) is 5.71 Å². The molecule has 0 spiro atoms. The first-order valence-electron chi connectivity index (χ1n) is 6.95. The number of amides is 2. The van der Waals surface area contributed by atoms with Crippen molar-refractivity contribution in [2.75, 3.05) is 0 Å². The van der Waals surface area contributed by atoms with Crippen LogP contribution in [0, 0.1) is 5.92 Å². The number of benzene rings is 1. The lowest BCUT2D eigenvalue weighted by Gasteiger charge is -2.05. The van der Waals surface area contributed by atoms with Crippen LogP contribution in [0.1, 0.15) is 25.8 Å². The van der Waals surface area contributed by atoms with E-state index < -0.39 is 5.92 Å². The zero-order valence-electron chi connectivity index (χ0n) is 12.5. The van der Waals surface area contributed by atoms with Gasteiger partial charge in [0.1, 0.15) is 0 Å². The standard InChI is InChI=1S/C16H18N4O2/c1-11(8-13-6-4-3-5-7-13)10-17-19-15(21)9-14-12(2)18-20-16(14)22/h3-8,10,14H,9H2,1-2H3,(H,19,21)(H,20,22)/b11-8+,17-10?. The van der Waals surface area contributed by atoms with Gasteiger partial charge in [-0.05, 0) is 25.0 Å². The van der Waals surface area contributed by atoms with Gasteiger partial charge in [-0.15, -0.1) is 0 Å². The maximum Gasteiger partial charge on any atom is 0.249 e. The molecule has 1 unspecified atom stereocenters. The molecule has 0 radical (unpaired) electrons. The van der Waals surface area contributed by atoms with E-state index in [2.05, 4.69) is 21.1 Å². The molecule has 0 saturated carbocycles. The Kier molecular flexibility index (Phi) is 5.19. The average Bonchev–Trinajstić information content (AvgIpc) is 2.80. The second-order valence-corrected chi connectivity index (χ2v) is 5.08. The molecule has 1 aliphatic heterocycles. The molecule has 2 rings (SSSR count). The Morgan fingerprint density at radius 1 is 1.41 bits per heavy atom. The summed E-state index contributed by atoms with van der Waals surface area (Å²) in [7, 11) is 0. The molecule has 2 amide bonds. The van der Waals surface area contributed by atoms with E-state index in [1.54, 1.807) is 13.1 Å². The molecule has 1 heterocycles. The molecule has 1 atom stereocenters. The van der Waals surface area contributed by atoms with E-state index in [1.807, 2.05) is 43.3 Å². The van der Waals surface area contributed by atoms with Gasteiger partial charge in [-0.2, -0.15) is 10.2 Å². The highest BCUT2D eigenvalue weighted by atomic mass is 16.2. The highest BCUT2D eigenvalue weighted by Gasteiger charge is 2.28. The Hall–Kier alpha value is -2.76. The molecule has 1 aromatic carbocycles. The fraction of sp³-hybridized carbons (Fsp3) is 0.250. The van der Waals surface area contributed by atoms with Crippen molar-refractivity contribution in [3.8, 4) is 0 Å². The van der Waals surface area contributed by atoms with E-state index in [9.17, 15) is 9.59 Å². The molecule has 0 bridgehead atoms. The third-order valence-electron chi connectivity index (χ3n) is 3.20. The average molecular weight is 298 g/mol. The van der Waals surface area contributed by atoms with E-state index in [-0.39, 0.29) is 18.2 Å². The number of hydrogen-bond donors (Lipinski definition) is 2. The molecule has 6 nitrogen and oxygen atoms in total. The summed E-state index contributed by atoms with van der Waals surface area (Å²) >= 11 is 0. The van der Waals surface area contributed by atoms with E-state index in [0.717, 1.165) is 11.1 Å². The molecule has 1 aliphatic rings. The van der Waals surface area contributed by atoms with Crippen molar-refractivity contribution in [3.63, 3.8) is 0 Å². The first-order chi connectivity index (χ1) is 10.6. The quantitative estimate of drug-likeness (QED) is 0.640. The molecular formula is C16H18N4O2. The Bertz CT molecular complexity index is 647. The Morgan fingerprint density at radius 3 is 2.77 bits per heavy atom. The van der Waals surface area contributed by atoms with Crippen LogP contribution in [0.3, 0.4) is 0 Å². The van der Waals surface area contributed by atoms with Crippen LogP contribution in [-0.2, 0) is 9.59 Å². The van der Waals surface area contributed by atoms with Crippen molar-refractivity contribution >= 4 is 29.8 Å². The van der Waals surface area contributed by atoms with E-state index in [1.165, 1.54) is 0 Å². The van der Waals surface area contributed by atoms with E-state index in [4.69, 9.17) is 0 Å². The Labute approximate surface area is 129 Å². The van der Waals surface area contributed by atoms with Gasteiger partial charge in [0.2, 0.25) is 11.8 Å². The molecular weight excluding hydrogens is 280 g/mol. The highest BCUT2D eigenvalue weighted by molar-refractivity contribution is 6.09. The minimum absolute atomic E-state index is 0.0416. The molecule has 1 aromatic rings. The minimum atomic E-state index is -0.504. The smallest absolute Gasteiger partial charge is 0.249 e. The lowest BCUT2D eigenvalue weighted by Crippen LogP contribution is -2.29. The van der Waals surface area contributed by atoms with Crippen LogP contribution < -0.4 is 10.9 Å². The lowest BCUT2D eigenvalue weighted by atomic mass is 10.0. The molecule has 6 heteroatoms. The van der Waals surface area contributed by atoms with Crippen LogP contribution in [-0.4, -0.2) is 23.7 Å². The summed E-state index contributed by atoms with van der Waals surface area (Å²) in [6.45, 7) is 3.61. The third kappa shape index (κ3) is 4.37. The second kappa shape index (κ2) is 7.31. The maximum absolute atomic E-state index is 11.8. The normalized spacial score (nSPS) is 18.3. The lowest BCUT2D eigenvalue weighted by molar-refractivity contribution is -0.127. The van der Waals surface area contributed by atoms with Gasteiger partial charge in [-0.3, -0.25) is 9.59 Å². The molecule has 2 N–H and O–H groups in total. The van der Waals surface area contributed by atoms with Crippen molar-refractivity contribution in [2.24, 2.45) is 16.1 Å². The zero-order chi connectivity index (χ0) is 15.9. The Morgan fingerprint density at radius 2 is 2.14 bits per heavy atom. The van der Waals surface area contributed by atoms with Crippen molar-refractivity contribution in [1.82, 2.24) is 10.9 Å². The topological polar surface area (TPSA) is 82.9 Å². The summed E-state index contributed by atoms with van der Waals surface area (Å²) in [5, 5.41) is 7.69. The van der Waals surface area contributed by atoms with Crippen molar-refractivity contribution in [3.05, 3.63) is 41.5 Å². The third-order valence-corrected chi connectivity index (χ3v) is 3.20. The highest BCUT2D eigenvalue weighted by Crippen LogP contribution is 2.11. The number of carbonyl (C=O) groups is 2. The summed E-state index contributed by atoms with van der Waals surface area (Å²) in [6, 6.07) is 9.82. The maximum atomic E-state index is 11.8. The molecule has 22 heavy (non-hydrogen) atoms. The summed E-state index contributed by atoms with van der Waals surface area (Å²) in [5.74, 6) is -1.08. The van der Waals surface area contributed by atoms with Crippen LogP contribution in [0.25, 0.3) is 6.08 Å². The van der Waals surface area contributed by atoms with Gasteiger partial charge in [0.25, 0.3) is 0 Å². The van der Waals surface area contributed by atoms with Gasteiger partial charge in [0.15, 0.2) is 0 Å². The second-order valence-electron chi connectivity index (χ2n) is 5.08. The van der Waals surface area contributed by atoms with Gasteiger partial charge >= 0.3 is 0 Å². The van der Waals surface area contributed by atoms with Crippen molar-refractivity contribution in [2.45, 2.75) is 20.3 Å². The van der Waals surface area contributed by atoms with Crippen LogP contribution in [0.15, 0.2) is 46.1 Å². The fourth-order valence-corrected chi connectivity index (χ4v) is 2.02. The van der Waals surface area contributed by atoms with Crippen LogP contribution in [0.5, 0.6) is 0 Å². The molecule has 0 saturated heterocycles. The first-order valence-corrected chi connectivity index (χ1v) is 6.95. The fourth-order valence-electron chi connectivity index (χ4n) is 2.02. The number of nitrogens with zero attached hydrogens (tertiary/aromatic N) is 2. The number of rotatable bonds is 5. The van der Waals surface area contributed by atoms with E-state index >= 15 is 0 Å². The Balaban J connectivity index is 1.84. The predicted molar refractivity (Wildman–Crippen MR) is 86.1 cm³/mol.